The number of amides is 1. The molecule has 0 aliphatic carbocycles. The van der Waals surface area contributed by atoms with Gasteiger partial charge in [-0.1, -0.05) is 0 Å². The van der Waals surface area contributed by atoms with Gasteiger partial charge in [-0.25, -0.2) is 4.98 Å². The number of aromatic nitrogens is 1. The highest BCUT2D eigenvalue weighted by Crippen LogP contribution is 2.23. The monoisotopic (exact) mass is 248 g/mol. The van der Waals surface area contributed by atoms with Crippen LogP contribution in [0.3, 0.4) is 0 Å². The third kappa shape index (κ3) is 2.22. The Balaban J connectivity index is 2.39. The number of rotatable bonds is 2. The molecule has 0 bridgehead atoms. The summed E-state index contributed by atoms with van der Waals surface area (Å²) in [6, 6.07) is 5.28. The van der Waals surface area contributed by atoms with Gasteiger partial charge in [-0.05, 0) is 32.0 Å². The molecule has 0 aliphatic rings. The first-order chi connectivity index (χ1) is 8.29. The highest BCUT2D eigenvalue weighted by atomic mass is 16.3. The van der Waals surface area contributed by atoms with Crippen LogP contribution in [0.4, 0.5) is 5.69 Å². The number of hydrogen-bond acceptors (Lipinski definition) is 4. The Hall–Kier alpha value is -1.88. The molecule has 5 nitrogen and oxygen atoms in total. The highest BCUT2D eigenvalue weighted by molar-refractivity contribution is 5.99. The molecule has 0 spiro atoms. The Morgan fingerprint density at radius 2 is 2.11 bits per heavy atom. The summed E-state index contributed by atoms with van der Waals surface area (Å²) >= 11 is 0. The fraction of sp³-hybridized carbons (Fsp3) is 0.385. The summed E-state index contributed by atoms with van der Waals surface area (Å²) in [5.41, 5.74) is 0.646. The van der Waals surface area contributed by atoms with E-state index in [0.717, 1.165) is 0 Å². The zero-order valence-electron chi connectivity index (χ0n) is 10.9. The molecule has 1 heterocycles. The number of oxazole rings is 1. The van der Waals surface area contributed by atoms with Crippen LogP contribution in [0.1, 0.15) is 19.7 Å². The number of nitrogens with zero attached hydrogens (tertiary/aromatic N) is 2. The van der Waals surface area contributed by atoms with Crippen molar-refractivity contribution in [1.29, 1.82) is 0 Å². The largest absolute Gasteiger partial charge is 0.441 e. The van der Waals surface area contributed by atoms with Crippen molar-refractivity contribution in [2.24, 2.45) is 0 Å². The summed E-state index contributed by atoms with van der Waals surface area (Å²) in [4.78, 5) is 17.6. The number of hydrogen-bond donors (Lipinski definition) is 1. The number of aliphatic hydroxyl groups is 1. The minimum absolute atomic E-state index is 0.373. The van der Waals surface area contributed by atoms with Crippen molar-refractivity contribution >= 4 is 22.7 Å². The standard InChI is InChI=1S/C13H16N2O3/c1-8-14-10-7-9(5-6-11(10)18-8)15(4)12(16)13(2,3)17/h5-7,17H,1-4H3. The molecule has 18 heavy (non-hydrogen) atoms. The fourth-order valence-corrected chi connectivity index (χ4v) is 1.77. The number of carbonyl (C=O) groups is 1. The smallest absolute Gasteiger partial charge is 0.258 e. The molecular weight excluding hydrogens is 232 g/mol. The van der Waals surface area contributed by atoms with E-state index in [1.54, 1.807) is 32.2 Å². The molecule has 1 aromatic heterocycles. The van der Waals surface area contributed by atoms with Gasteiger partial charge in [-0.3, -0.25) is 4.79 Å². The van der Waals surface area contributed by atoms with Gasteiger partial charge in [0, 0.05) is 19.7 Å². The van der Waals surface area contributed by atoms with E-state index in [4.69, 9.17) is 4.42 Å². The maximum absolute atomic E-state index is 11.9. The molecule has 0 saturated carbocycles. The minimum Gasteiger partial charge on any atom is -0.441 e. The van der Waals surface area contributed by atoms with Gasteiger partial charge < -0.3 is 14.4 Å². The summed E-state index contributed by atoms with van der Waals surface area (Å²) in [6.07, 6.45) is 0. The van der Waals surface area contributed by atoms with E-state index in [1.165, 1.54) is 18.7 Å². The average Bonchev–Trinajstić information content (AvgIpc) is 2.64. The van der Waals surface area contributed by atoms with E-state index in [-0.39, 0.29) is 5.91 Å². The molecule has 0 fully saturated rings. The van der Waals surface area contributed by atoms with E-state index < -0.39 is 5.60 Å². The van der Waals surface area contributed by atoms with Crippen LogP contribution < -0.4 is 4.90 Å². The van der Waals surface area contributed by atoms with E-state index in [9.17, 15) is 9.90 Å². The summed E-state index contributed by atoms with van der Waals surface area (Å²) in [5.74, 6) is 0.209. The van der Waals surface area contributed by atoms with Crippen LogP contribution >= 0.6 is 0 Å². The van der Waals surface area contributed by atoms with Crippen molar-refractivity contribution in [2.75, 3.05) is 11.9 Å². The van der Waals surface area contributed by atoms with Gasteiger partial charge in [0.1, 0.15) is 11.1 Å². The van der Waals surface area contributed by atoms with Crippen LogP contribution in [-0.2, 0) is 4.79 Å². The molecule has 96 valence electrons. The van der Waals surface area contributed by atoms with E-state index >= 15 is 0 Å². The predicted molar refractivity (Wildman–Crippen MR) is 68.5 cm³/mol. The van der Waals surface area contributed by atoms with Gasteiger partial charge in [0.05, 0.1) is 0 Å². The third-order valence-electron chi connectivity index (χ3n) is 2.69. The van der Waals surface area contributed by atoms with Crippen LogP contribution in [0.5, 0.6) is 0 Å². The van der Waals surface area contributed by atoms with Gasteiger partial charge in [-0.2, -0.15) is 0 Å². The van der Waals surface area contributed by atoms with E-state index in [2.05, 4.69) is 4.98 Å². The van der Waals surface area contributed by atoms with Gasteiger partial charge in [-0.15, -0.1) is 0 Å². The number of anilines is 1. The summed E-state index contributed by atoms with van der Waals surface area (Å²) in [5, 5.41) is 9.71. The lowest BCUT2D eigenvalue weighted by atomic mass is 10.1. The number of fused-ring (bicyclic) bond motifs is 1. The Kier molecular flexibility index (Phi) is 2.86. The van der Waals surface area contributed by atoms with Gasteiger partial charge in [0.2, 0.25) is 0 Å². The molecular formula is C13H16N2O3. The van der Waals surface area contributed by atoms with Crippen LogP contribution in [0.2, 0.25) is 0 Å². The molecule has 0 radical (unpaired) electrons. The SMILES string of the molecule is Cc1nc2cc(N(C)C(=O)C(C)(C)O)ccc2o1. The molecule has 0 atom stereocenters. The molecule has 2 aromatic rings. The summed E-state index contributed by atoms with van der Waals surface area (Å²) in [7, 11) is 1.62. The molecule has 1 amide bonds. The van der Waals surface area contributed by atoms with E-state index in [0.29, 0.717) is 22.7 Å². The number of benzene rings is 1. The van der Waals surface area contributed by atoms with Crippen LogP contribution in [0, 0.1) is 6.92 Å². The van der Waals surface area contributed by atoms with Gasteiger partial charge in [0.25, 0.3) is 5.91 Å². The summed E-state index contributed by atoms with van der Waals surface area (Å²) in [6.45, 7) is 4.70. The Morgan fingerprint density at radius 3 is 2.72 bits per heavy atom. The Bertz CT molecular complexity index is 596. The maximum Gasteiger partial charge on any atom is 0.258 e. The van der Waals surface area contributed by atoms with Gasteiger partial charge in [0.15, 0.2) is 11.5 Å². The highest BCUT2D eigenvalue weighted by Gasteiger charge is 2.28. The number of aryl methyl sites for hydroxylation is 1. The quantitative estimate of drug-likeness (QED) is 0.881. The van der Waals surface area contributed by atoms with Crippen molar-refractivity contribution in [3.8, 4) is 0 Å². The lowest BCUT2D eigenvalue weighted by Gasteiger charge is -2.24. The Labute approximate surface area is 105 Å². The number of carbonyl (C=O) groups excluding carboxylic acids is 1. The van der Waals surface area contributed by atoms with Crippen molar-refractivity contribution in [2.45, 2.75) is 26.4 Å². The topological polar surface area (TPSA) is 66.6 Å². The van der Waals surface area contributed by atoms with Crippen molar-refractivity contribution in [1.82, 2.24) is 4.98 Å². The summed E-state index contributed by atoms with van der Waals surface area (Å²) < 4.78 is 5.37. The second-order valence-corrected chi connectivity index (χ2v) is 4.81. The van der Waals surface area contributed by atoms with Gasteiger partial charge >= 0.3 is 0 Å². The van der Waals surface area contributed by atoms with Crippen molar-refractivity contribution in [3.63, 3.8) is 0 Å². The fourth-order valence-electron chi connectivity index (χ4n) is 1.77. The molecule has 0 aliphatic heterocycles. The first kappa shape index (κ1) is 12.6. The van der Waals surface area contributed by atoms with E-state index in [1.807, 2.05) is 0 Å². The van der Waals surface area contributed by atoms with Crippen LogP contribution in [0.25, 0.3) is 11.1 Å². The Morgan fingerprint density at radius 1 is 1.44 bits per heavy atom. The van der Waals surface area contributed by atoms with Crippen LogP contribution in [-0.4, -0.2) is 28.6 Å². The molecule has 0 saturated heterocycles. The minimum atomic E-state index is -1.40. The van der Waals surface area contributed by atoms with Crippen molar-refractivity contribution < 1.29 is 14.3 Å². The second-order valence-electron chi connectivity index (χ2n) is 4.81. The normalized spacial score (nSPS) is 11.8. The number of likely N-dealkylation sites (N-methyl/N-ethyl adjacent to an activating group) is 1. The van der Waals surface area contributed by atoms with Crippen molar-refractivity contribution in [3.05, 3.63) is 24.1 Å². The first-order valence-electron chi connectivity index (χ1n) is 5.67. The lowest BCUT2D eigenvalue weighted by molar-refractivity contribution is -0.133. The molecule has 1 aromatic carbocycles. The van der Waals surface area contributed by atoms with Crippen LogP contribution in [0.15, 0.2) is 22.6 Å². The second kappa shape index (κ2) is 4.10. The molecule has 0 unspecified atom stereocenters. The first-order valence-corrected chi connectivity index (χ1v) is 5.67. The third-order valence-corrected chi connectivity index (χ3v) is 2.69. The predicted octanol–water partition coefficient (Wildman–Crippen LogP) is 1.87. The molecule has 2 rings (SSSR count). The average molecular weight is 248 g/mol. The maximum atomic E-state index is 11.9. The zero-order chi connectivity index (χ0) is 13.5. The molecule has 5 heteroatoms. The lowest BCUT2D eigenvalue weighted by Crippen LogP contribution is -2.43. The zero-order valence-corrected chi connectivity index (χ0v) is 10.9. The molecule has 1 N–H and O–H groups in total.